The minimum atomic E-state index is -5.07. The summed E-state index contributed by atoms with van der Waals surface area (Å²) in [6.45, 7) is -0.589. The lowest BCUT2D eigenvalue weighted by atomic mass is 10.2. The standard InChI is InChI=1S/C8H6F3NO3.C8H9NO3/c9-8(10,11)7(15)12-6-4(13)2-1-3-5(6)14;10-5-8(12)9-6-3-1-2-4-7(6)11/h1-3,13-14H,(H,12,15);1-4,10-11H,5H2,(H,9,12). The van der Waals surface area contributed by atoms with Gasteiger partial charge in [-0.2, -0.15) is 13.2 Å². The Kier molecular flexibility index (Phi) is 7.42. The predicted molar refractivity (Wildman–Crippen MR) is 88.3 cm³/mol. The first kappa shape index (κ1) is 21.6. The number of carbonyl (C=O) groups excluding carboxylic acids is 2. The maximum atomic E-state index is 11.8. The van der Waals surface area contributed by atoms with Gasteiger partial charge >= 0.3 is 12.1 Å². The molecule has 0 heterocycles. The van der Waals surface area contributed by atoms with Gasteiger partial charge in [0.25, 0.3) is 0 Å². The van der Waals surface area contributed by atoms with Crippen LogP contribution in [0.15, 0.2) is 42.5 Å². The van der Waals surface area contributed by atoms with E-state index < -0.39 is 41.8 Å². The van der Waals surface area contributed by atoms with Crippen LogP contribution in [0, 0.1) is 0 Å². The van der Waals surface area contributed by atoms with Gasteiger partial charge in [0.05, 0.1) is 5.69 Å². The quantitative estimate of drug-likeness (QED) is 0.444. The van der Waals surface area contributed by atoms with Gasteiger partial charge in [-0.05, 0) is 24.3 Å². The normalized spacial score (nSPS) is 10.4. The van der Waals surface area contributed by atoms with E-state index in [0.717, 1.165) is 12.1 Å². The number of halogens is 3. The second-order valence-electron chi connectivity index (χ2n) is 4.85. The van der Waals surface area contributed by atoms with Crippen LogP contribution in [0.5, 0.6) is 17.2 Å². The molecule has 2 aromatic rings. The van der Waals surface area contributed by atoms with Crippen molar-refractivity contribution in [2.45, 2.75) is 6.18 Å². The van der Waals surface area contributed by atoms with E-state index in [0.29, 0.717) is 5.69 Å². The molecule has 0 aliphatic heterocycles. The van der Waals surface area contributed by atoms with Gasteiger partial charge in [-0.25, -0.2) is 0 Å². The molecule has 0 unspecified atom stereocenters. The van der Waals surface area contributed by atoms with Crippen LogP contribution in [0.1, 0.15) is 0 Å². The molecule has 0 aliphatic carbocycles. The van der Waals surface area contributed by atoms with E-state index in [1.807, 2.05) is 0 Å². The van der Waals surface area contributed by atoms with Crippen molar-refractivity contribution >= 4 is 23.2 Å². The molecule has 2 aromatic carbocycles. The summed E-state index contributed by atoms with van der Waals surface area (Å²) in [7, 11) is 0. The number of nitrogens with one attached hydrogen (secondary N) is 2. The summed E-state index contributed by atoms with van der Waals surface area (Å²) in [4.78, 5) is 21.1. The van der Waals surface area contributed by atoms with Gasteiger partial charge in [-0.15, -0.1) is 0 Å². The molecule has 8 nitrogen and oxygen atoms in total. The number of aliphatic hydroxyl groups excluding tert-OH is 1. The molecule has 0 saturated carbocycles. The van der Waals surface area contributed by atoms with Gasteiger partial charge in [0.2, 0.25) is 5.91 Å². The Labute approximate surface area is 150 Å². The van der Waals surface area contributed by atoms with Crippen molar-refractivity contribution < 1.29 is 43.2 Å². The highest BCUT2D eigenvalue weighted by molar-refractivity contribution is 5.97. The SMILES string of the molecule is O=C(CO)Nc1ccccc1O.O=C(Nc1c(O)cccc1O)C(F)(F)F. The molecule has 2 amide bonds. The van der Waals surface area contributed by atoms with Crippen molar-refractivity contribution in [3.05, 3.63) is 42.5 Å². The minimum Gasteiger partial charge on any atom is -0.506 e. The number of alkyl halides is 3. The molecule has 2 rings (SSSR count). The number of aromatic hydroxyl groups is 3. The van der Waals surface area contributed by atoms with E-state index >= 15 is 0 Å². The summed E-state index contributed by atoms with van der Waals surface area (Å²) in [6, 6.07) is 9.60. The average Bonchev–Trinajstić information content (AvgIpc) is 2.59. The van der Waals surface area contributed by atoms with E-state index in [9.17, 15) is 22.8 Å². The molecule has 6 N–H and O–H groups in total. The Hall–Kier alpha value is -3.47. The first-order valence-electron chi connectivity index (χ1n) is 7.14. The number of benzene rings is 2. The predicted octanol–water partition coefficient (Wildman–Crippen LogP) is 1.92. The Bertz CT molecular complexity index is 791. The number of para-hydroxylation sites is 3. The third-order valence-electron chi connectivity index (χ3n) is 2.84. The average molecular weight is 388 g/mol. The summed E-state index contributed by atoms with van der Waals surface area (Å²) in [5.41, 5.74) is -0.364. The molecular formula is C16H15F3N2O6. The third kappa shape index (κ3) is 6.74. The minimum absolute atomic E-state index is 0.0145. The highest BCUT2D eigenvalue weighted by atomic mass is 19.4. The lowest BCUT2D eigenvalue weighted by Crippen LogP contribution is -2.29. The van der Waals surface area contributed by atoms with Crippen molar-refractivity contribution in [1.29, 1.82) is 0 Å². The molecule has 27 heavy (non-hydrogen) atoms. The van der Waals surface area contributed by atoms with Gasteiger partial charge in [0, 0.05) is 0 Å². The van der Waals surface area contributed by atoms with Crippen LogP contribution in [-0.2, 0) is 9.59 Å². The maximum Gasteiger partial charge on any atom is 0.471 e. The highest BCUT2D eigenvalue weighted by Gasteiger charge is 2.39. The molecule has 0 aromatic heterocycles. The van der Waals surface area contributed by atoms with E-state index in [1.165, 1.54) is 17.4 Å². The van der Waals surface area contributed by atoms with Crippen molar-refractivity contribution in [3.63, 3.8) is 0 Å². The van der Waals surface area contributed by atoms with Crippen LogP contribution in [0.3, 0.4) is 0 Å². The van der Waals surface area contributed by atoms with E-state index in [-0.39, 0.29) is 5.75 Å². The summed E-state index contributed by atoms with van der Waals surface area (Å²) in [6.07, 6.45) is -5.07. The number of hydrogen-bond donors (Lipinski definition) is 6. The van der Waals surface area contributed by atoms with Crippen molar-refractivity contribution in [1.82, 2.24) is 0 Å². The fourth-order valence-corrected chi connectivity index (χ4v) is 1.61. The first-order chi connectivity index (χ1) is 12.6. The highest BCUT2D eigenvalue weighted by Crippen LogP contribution is 2.33. The zero-order valence-corrected chi connectivity index (χ0v) is 13.5. The van der Waals surface area contributed by atoms with Gasteiger partial charge in [0.1, 0.15) is 29.5 Å². The van der Waals surface area contributed by atoms with Crippen LogP contribution in [0.4, 0.5) is 24.5 Å². The van der Waals surface area contributed by atoms with Crippen molar-refractivity contribution in [2.24, 2.45) is 0 Å². The van der Waals surface area contributed by atoms with Crippen LogP contribution in [-0.4, -0.2) is 45.0 Å². The number of amides is 2. The zero-order chi connectivity index (χ0) is 20.6. The first-order valence-corrected chi connectivity index (χ1v) is 7.14. The fraction of sp³-hybridized carbons (Fsp3) is 0.125. The molecule has 0 radical (unpaired) electrons. The van der Waals surface area contributed by atoms with E-state index in [1.54, 1.807) is 18.2 Å². The number of carbonyl (C=O) groups is 2. The van der Waals surface area contributed by atoms with Crippen LogP contribution >= 0.6 is 0 Å². The number of anilines is 2. The summed E-state index contributed by atoms with van der Waals surface area (Å²) < 4.78 is 35.5. The third-order valence-corrected chi connectivity index (χ3v) is 2.84. The molecule has 0 fully saturated rings. The lowest BCUT2D eigenvalue weighted by molar-refractivity contribution is -0.167. The van der Waals surface area contributed by atoms with Gasteiger partial charge in [-0.3, -0.25) is 9.59 Å². The van der Waals surface area contributed by atoms with Crippen LogP contribution in [0.2, 0.25) is 0 Å². The molecule has 0 spiro atoms. The molecule has 0 aliphatic rings. The number of phenols is 3. The number of phenolic OH excluding ortho intramolecular Hbond substituents is 3. The monoisotopic (exact) mass is 388 g/mol. The molecule has 11 heteroatoms. The van der Waals surface area contributed by atoms with E-state index in [2.05, 4.69) is 5.32 Å². The largest absolute Gasteiger partial charge is 0.506 e. The van der Waals surface area contributed by atoms with Gasteiger partial charge < -0.3 is 31.1 Å². The van der Waals surface area contributed by atoms with Crippen LogP contribution in [0.25, 0.3) is 0 Å². The summed E-state index contributed by atoms with van der Waals surface area (Å²) in [5.74, 6) is -4.12. The van der Waals surface area contributed by atoms with Gasteiger partial charge in [-0.1, -0.05) is 18.2 Å². The summed E-state index contributed by atoms with van der Waals surface area (Å²) >= 11 is 0. The molecule has 0 saturated heterocycles. The Morgan fingerprint density at radius 3 is 1.85 bits per heavy atom. The smallest absolute Gasteiger partial charge is 0.471 e. The number of aliphatic hydroxyl groups is 1. The lowest BCUT2D eigenvalue weighted by Gasteiger charge is -2.10. The maximum absolute atomic E-state index is 11.8. The van der Waals surface area contributed by atoms with E-state index in [4.69, 9.17) is 20.4 Å². The Morgan fingerprint density at radius 1 is 0.852 bits per heavy atom. The Morgan fingerprint density at radius 2 is 1.37 bits per heavy atom. The molecular weight excluding hydrogens is 373 g/mol. The van der Waals surface area contributed by atoms with Crippen molar-refractivity contribution in [2.75, 3.05) is 17.2 Å². The number of hydrogen-bond acceptors (Lipinski definition) is 6. The summed E-state index contributed by atoms with van der Waals surface area (Å²) in [5, 5.41) is 39.4. The second kappa shape index (κ2) is 9.29. The van der Waals surface area contributed by atoms with Gasteiger partial charge in [0.15, 0.2) is 0 Å². The zero-order valence-electron chi connectivity index (χ0n) is 13.5. The van der Waals surface area contributed by atoms with Crippen LogP contribution < -0.4 is 10.6 Å². The molecule has 0 atom stereocenters. The Balaban J connectivity index is 0.000000277. The molecule has 0 bridgehead atoms. The fourth-order valence-electron chi connectivity index (χ4n) is 1.61. The molecule has 146 valence electrons. The topological polar surface area (TPSA) is 139 Å². The second-order valence-corrected chi connectivity index (χ2v) is 4.85. The van der Waals surface area contributed by atoms with Crippen molar-refractivity contribution in [3.8, 4) is 17.2 Å². The number of rotatable bonds is 3.